The maximum Gasteiger partial charge on any atom is 0.313 e. The van der Waals surface area contributed by atoms with Crippen molar-refractivity contribution < 1.29 is 22.2 Å². The lowest BCUT2D eigenvalue weighted by Gasteiger charge is -2.32. The van der Waals surface area contributed by atoms with Gasteiger partial charge in [0, 0.05) is 0 Å². The van der Waals surface area contributed by atoms with E-state index >= 15 is 0 Å². The molecule has 0 aliphatic heterocycles. The SMILES string of the molecule is C[Si](C)(C)OC(=O)C(N)CP(=O)(O[Si](C)(C)C)O[Si](C)(C)C. The van der Waals surface area contributed by atoms with E-state index in [0.29, 0.717) is 0 Å². The third-order valence-electron chi connectivity index (χ3n) is 1.96. The second-order valence-corrected chi connectivity index (χ2v) is 24.3. The monoisotopic (exact) mass is 385 g/mol. The van der Waals surface area contributed by atoms with Gasteiger partial charge in [0.05, 0.1) is 6.16 Å². The van der Waals surface area contributed by atoms with Crippen LogP contribution in [0.25, 0.3) is 0 Å². The Kier molecular flexibility index (Phi) is 7.49. The Balaban J connectivity index is 5.14. The molecule has 0 saturated heterocycles. The summed E-state index contributed by atoms with van der Waals surface area (Å²) in [7, 11) is -9.67. The molecular formula is C12H32NO5PSi3. The van der Waals surface area contributed by atoms with Crippen molar-refractivity contribution in [2.45, 2.75) is 65.0 Å². The molecule has 0 aromatic rings. The summed E-state index contributed by atoms with van der Waals surface area (Å²) in [5.41, 5.74) is 5.89. The van der Waals surface area contributed by atoms with Gasteiger partial charge < -0.3 is 18.6 Å². The Morgan fingerprint density at radius 3 is 1.55 bits per heavy atom. The summed E-state index contributed by atoms with van der Waals surface area (Å²) < 4.78 is 30.0. The molecule has 0 bridgehead atoms. The zero-order valence-corrected chi connectivity index (χ0v) is 19.2. The molecule has 0 radical (unpaired) electrons. The van der Waals surface area contributed by atoms with Gasteiger partial charge in [-0.1, -0.05) is 0 Å². The van der Waals surface area contributed by atoms with Gasteiger partial charge in [0.1, 0.15) is 6.04 Å². The van der Waals surface area contributed by atoms with Crippen LogP contribution < -0.4 is 5.73 Å². The van der Waals surface area contributed by atoms with Crippen molar-refractivity contribution in [3.05, 3.63) is 0 Å². The number of rotatable bonds is 8. The number of hydrogen-bond acceptors (Lipinski definition) is 6. The maximum absolute atomic E-state index is 13.1. The van der Waals surface area contributed by atoms with E-state index in [1.165, 1.54) is 0 Å². The van der Waals surface area contributed by atoms with Crippen molar-refractivity contribution in [1.82, 2.24) is 0 Å². The highest BCUT2D eigenvalue weighted by atomic mass is 31.2. The molecule has 0 fully saturated rings. The van der Waals surface area contributed by atoms with Gasteiger partial charge in [-0.25, -0.2) is 0 Å². The van der Waals surface area contributed by atoms with E-state index in [9.17, 15) is 9.36 Å². The van der Waals surface area contributed by atoms with Gasteiger partial charge in [0.2, 0.25) is 8.32 Å². The third kappa shape index (κ3) is 10.9. The second-order valence-electron chi connectivity index (χ2n) is 8.34. The Bertz CT molecular complexity index is 420. The van der Waals surface area contributed by atoms with E-state index in [0.717, 1.165) is 0 Å². The molecule has 1 atom stereocenters. The van der Waals surface area contributed by atoms with Crippen LogP contribution in [0.4, 0.5) is 0 Å². The molecule has 22 heavy (non-hydrogen) atoms. The van der Waals surface area contributed by atoms with E-state index in [1.54, 1.807) is 0 Å². The van der Waals surface area contributed by atoms with Crippen LogP contribution in [0.5, 0.6) is 0 Å². The molecular weight excluding hydrogens is 353 g/mol. The molecule has 0 amide bonds. The van der Waals surface area contributed by atoms with Gasteiger partial charge in [-0.3, -0.25) is 9.36 Å². The van der Waals surface area contributed by atoms with Gasteiger partial charge in [-0.15, -0.1) is 0 Å². The molecule has 132 valence electrons. The summed E-state index contributed by atoms with van der Waals surface area (Å²) in [4.78, 5) is 12.0. The second kappa shape index (κ2) is 7.42. The van der Waals surface area contributed by atoms with E-state index < -0.39 is 44.6 Å². The first-order chi connectivity index (χ1) is 9.43. The highest BCUT2D eigenvalue weighted by Gasteiger charge is 2.40. The molecule has 0 aromatic heterocycles. The Labute approximate surface area is 138 Å². The molecule has 0 aliphatic carbocycles. The van der Waals surface area contributed by atoms with Crippen LogP contribution in [0.3, 0.4) is 0 Å². The summed E-state index contributed by atoms with van der Waals surface area (Å²) in [6, 6.07) is -0.995. The van der Waals surface area contributed by atoms with Crippen molar-refractivity contribution in [3.63, 3.8) is 0 Å². The molecule has 2 N–H and O–H groups in total. The summed E-state index contributed by atoms with van der Waals surface area (Å²) in [6.45, 7) is 17.3. The Morgan fingerprint density at radius 2 is 1.27 bits per heavy atom. The molecule has 0 aromatic carbocycles. The predicted octanol–water partition coefficient (Wildman–Crippen LogP) is 3.59. The lowest BCUT2D eigenvalue weighted by atomic mass is 10.4. The molecule has 1 unspecified atom stereocenters. The summed E-state index contributed by atoms with van der Waals surface area (Å²) >= 11 is 0. The van der Waals surface area contributed by atoms with Crippen LogP contribution in [-0.4, -0.2) is 43.1 Å². The van der Waals surface area contributed by atoms with Crippen LogP contribution in [0, 0.1) is 0 Å². The van der Waals surface area contributed by atoms with Crippen molar-refractivity contribution in [1.29, 1.82) is 0 Å². The van der Waals surface area contributed by atoms with Crippen LogP contribution in [0.15, 0.2) is 0 Å². The zero-order chi connectivity index (χ0) is 18.0. The first-order valence-corrected chi connectivity index (χ1v) is 19.4. The van der Waals surface area contributed by atoms with Crippen molar-refractivity contribution >= 4 is 38.5 Å². The minimum absolute atomic E-state index is 0.134. The minimum Gasteiger partial charge on any atom is -0.519 e. The molecule has 0 spiro atoms. The first kappa shape index (κ1) is 22.2. The van der Waals surface area contributed by atoms with Crippen LogP contribution in [0.1, 0.15) is 0 Å². The van der Waals surface area contributed by atoms with E-state index in [2.05, 4.69) is 0 Å². The van der Waals surface area contributed by atoms with E-state index in [4.69, 9.17) is 18.6 Å². The lowest BCUT2D eigenvalue weighted by molar-refractivity contribution is -0.136. The molecule has 0 rings (SSSR count). The van der Waals surface area contributed by atoms with E-state index in [-0.39, 0.29) is 6.16 Å². The minimum atomic E-state index is -3.42. The van der Waals surface area contributed by atoms with Gasteiger partial charge in [-0.05, 0) is 58.9 Å². The van der Waals surface area contributed by atoms with Crippen molar-refractivity contribution in [3.8, 4) is 0 Å². The first-order valence-electron chi connectivity index (χ1n) is 7.41. The summed E-state index contributed by atoms with van der Waals surface area (Å²) in [6.07, 6.45) is -0.134. The van der Waals surface area contributed by atoms with Crippen LogP contribution in [-0.2, 0) is 22.2 Å². The number of nitrogens with two attached hydrogens (primary N) is 1. The topological polar surface area (TPSA) is 87.9 Å². The quantitative estimate of drug-likeness (QED) is 0.507. The molecule has 10 heteroatoms. The average Bonchev–Trinajstić information content (AvgIpc) is 2.06. The predicted molar refractivity (Wildman–Crippen MR) is 98.7 cm³/mol. The van der Waals surface area contributed by atoms with Crippen LogP contribution >= 0.6 is 7.60 Å². The summed E-state index contributed by atoms with van der Waals surface area (Å²) in [5, 5.41) is 0. The average molecular weight is 386 g/mol. The molecule has 0 saturated carbocycles. The fourth-order valence-corrected chi connectivity index (χ4v) is 10.8. The fourth-order valence-electron chi connectivity index (χ4n) is 1.62. The zero-order valence-electron chi connectivity index (χ0n) is 15.4. The van der Waals surface area contributed by atoms with Gasteiger partial charge in [-0.2, -0.15) is 0 Å². The van der Waals surface area contributed by atoms with Gasteiger partial charge >= 0.3 is 13.6 Å². The van der Waals surface area contributed by atoms with Gasteiger partial charge in [0.25, 0.3) is 0 Å². The lowest BCUT2D eigenvalue weighted by Crippen LogP contribution is -2.43. The maximum atomic E-state index is 13.1. The smallest absolute Gasteiger partial charge is 0.313 e. The van der Waals surface area contributed by atoms with Gasteiger partial charge in [0.15, 0.2) is 16.6 Å². The highest BCUT2D eigenvalue weighted by molar-refractivity contribution is 7.57. The largest absolute Gasteiger partial charge is 0.519 e. The van der Waals surface area contributed by atoms with Crippen molar-refractivity contribution in [2.75, 3.05) is 6.16 Å². The van der Waals surface area contributed by atoms with Crippen molar-refractivity contribution in [2.24, 2.45) is 5.73 Å². The number of carbonyl (C=O) groups is 1. The number of carbonyl (C=O) groups excluding carboxylic acids is 1. The molecule has 6 nitrogen and oxygen atoms in total. The highest BCUT2D eigenvalue weighted by Crippen LogP contribution is 2.53. The summed E-state index contributed by atoms with van der Waals surface area (Å²) in [5.74, 6) is -0.530. The fraction of sp³-hybridized carbons (Fsp3) is 0.917. The standard InChI is InChI=1S/C12H32NO5PSi3/c1-20(2,3)16-12(14)11(13)10-19(15,17-21(4,5)6)18-22(7,8)9/h11H,10,13H2,1-9H3. The van der Waals surface area contributed by atoms with E-state index in [1.807, 2.05) is 58.9 Å². The number of hydrogen-bond donors (Lipinski definition) is 1. The Morgan fingerprint density at radius 1 is 0.909 bits per heavy atom. The normalized spacial score (nSPS) is 15.5. The molecule has 0 heterocycles. The van der Waals surface area contributed by atoms with Crippen LogP contribution in [0.2, 0.25) is 58.9 Å². The molecule has 0 aliphatic rings. The third-order valence-corrected chi connectivity index (χ3v) is 10.2. The Hall–Kier alpha value is 0.231.